The summed E-state index contributed by atoms with van der Waals surface area (Å²) in [7, 11) is 0. The molecule has 0 saturated carbocycles. The molecule has 2 nitrogen and oxygen atoms in total. The van der Waals surface area contributed by atoms with E-state index in [0.29, 0.717) is 5.30 Å². The first-order chi connectivity index (χ1) is 15.6. The third-order valence-corrected chi connectivity index (χ3v) is 16.0. The standard InChI is InChI=1S/C28H22BrO2P/c29-32(22-13-4-1-5-14-22,23-15-6-2-7-16-23,24-17-8-3-9-18-24)28-25-19-11-10-12-21(25)20-26(30)27(28)31/h1-20,30-31H. The average molecular weight is 501 g/mol. The molecule has 0 fully saturated rings. The summed E-state index contributed by atoms with van der Waals surface area (Å²) in [6.45, 7) is 0. The zero-order valence-electron chi connectivity index (χ0n) is 17.3. The van der Waals surface area contributed by atoms with Crippen molar-refractivity contribution in [1.29, 1.82) is 0 Å². The summed E-state index contributed by atoms with van der Waals surface area (Å²) in [5, 5.41) is 24.3. The van der Waals surface area contributed by atoms with Crippen LogP contribution < -0.4 is 21.2 Å². The van der Waals surface area contributed by atoms with Crippen LogP contribution in [0, 0.1) is 0 Å². The summed E-state index contributed by atoms with van der Waals surface area (Å²) in [6, 6.07) is 40.2. The molecule has 0 aliphatic rings. The zero-order chi connectivity index (χ0) is 22.2. The minimum absolute atomic E-state index is 0.102. The first-order valence-corrected chi connectivity index (χ1v) is 14.7. The van der Waals surface area contributed by atoms with E-state index >= 15 is 0 Å². The van der Waals surface area contributed by atoms with Gasteiger partial charge in [-0.1, -0.05) is 0 Å². The Balaban J connectivity index is 2.13. The molecular weight excluding hydrogens is 479 g/mol. The van der Waals surface area contributed by atoms with Crippen LogP contribution in [-0.2, 0) is 0 Å². The first-order valence-electron chi connectivity index (χ1n) is 10.4. The first kappa shape index (κ1) is 20.8. The van der Waals surface area contributed by atoms with Crippen molar-refractivity contribution in [2.45, 2.75) is 0 Å². The van der Waals surface area contributed by atoms with Gasteiger partial charge in [0.25, 0.3) is 0 Å². The molecule has 158 valence electrons. The van der Waals surface area contributed by atoms with Crippen molar-refractivity contribution in [3.8, 4) is 11.5 Å². The number of halogens is 1. The van der Waals surface area contributed by atoms with E-state index in [1.807, 2.05) is 78.9 Å². The molecule has 0 atom stereocenters. The number of benzene rings is 5. The quantitative estimate of drug-likeness (QED) is 0.245. The second-order valence-corrected chi connectivity index (χ2v) is 16.1. The Morgan fingerprint density at radius 3 is 1.41 bits per heavy atom. The van der Waals surface area contributed by atoms with Gasteiger partial charge in [-0.05, 0) is 0 Å². The Bertz CT molecular complexity index is 1300. The Morgan fingerprint density at radius 1 is 0.531 bits per heavy atom. The second-order valence-electron chi connectivity index (χ2n) is 7.83. The molecule has 0 aliphatic heterocycles. The molecule has 0 amide bonds. The van der Waals surface area contributed by atoms with Crippen molar-refractivity contribution < 1.29 is 10.2 Å². The molecule has 2 N–H and O–H groups in total. The average Bonchev–Trinajstić information content (AvgIpc) is 2.86. The maximum absolute atomic E-state index is 11.5. The molecule has 0 saturated heterocycles. The Morgan fingerprint density at radius 2 is 0.938 bits per heavy atom. The van der Waals surface area contributed by atoms with Crippen molar-refractivity contribution >= 4 is 52.8 Å². The molecule has 5 rings (SSSR count). The van der Waals surface area contributed by atoms with Gasteiger partial charge < -0.3 is 0 Å². The molecule has 0 heterocycles. The number of phenolic OH excluding ortho intramolecular Hbond substituents is 2. The van der Waals surface area contributed by atoms with Gasteiger partial charge in [-0.3, -0.25) is 0 Å². The van der Waals surface area contributed by atoms with Crippen LogP contribution in [0.2, 0.25) is 0 Å². The summed E-state index contributed by atoms with van der Waals surface area (Å²) in [4.78, 5) is 0. The minimum atomic E-state index is -3.67. The summed E-state index contributed by atoms with van der Waals surface area (Å²) < 4.78 is 0. The van der Waals surface area contributed by atoms with E-state index in [2.05, 4.69) is 51.9 Å². The third kappa shape index (κ3) is 2.82. The van der Waals surface area contributed by atoms with Gasteiger partial charge in [-0.2, -0.15) is 0 Å². The molecule has 0 radical (unpaired) electrons. The number of fused-ring (bicyclic) bond motifs is 1. The number of phenols is 2. The molecular formula is C28H22BrO2P. The second kappa shape index (κ2) is 7.78. The SMILES string of the molecule is Oc1cc2ccccc2c(P(Br)(c2ccccc2)(c2ccccc2)c2ccccc2)c1O. The molecule has 5 aromatic rings. The number of hydrogen-bond acceptors (Lipinski definition) is 2. The molecule has 4 heteroatoms. The van der Waals surface area contributed by atoms with E-state index in [9.17, 15) is 10.2 Å². The van der Waals surface area contributed by atoms with Crippen LogP contribution in [0.5, 0.6) is 11.5 Å². The van der Waals surface area contributed by atoms with Gasteiger partial charge in [0.05, 0.1) is 0 Å². The molecule has 0 spiro atoms. The van der Waals surface area contributed by atoms with Crippen LogP contribution in [0.1, 0.15) is 0 Å². The van der Waals surface area contributed by atoms with Gasteiger partial charge >= 0.3 is 196 Å². The monoisotopic (exact) mass is 500 g/mol. The van der Waals surface area contributed by atoms with E-state index in [0.717, 1.165) is 26.7 Å². The molecule has 32 heavy (non-hydrogen) atoms. The predicted molar refractivity (Wildman–Crippen MR) is 141 cm³/mol. The van der Waals surface area contributed by atoms with Crippen LogP contribution in [0.4, 0.5) is 0 Å². The number of aromatic hydroxyl groups is 2. The Labute approximate surface area is 195 Å². The van der Waals surface area contributed by atoms with Crippen molar-refractivity contribution in [3.05, 3.63) is 121 Å². The van der Waals surface area contributed by atoms with E-state index in [1.165, 1.54) is 0 Å². The van der Waals surface area contributed by atoms with E-state index in [4.69, 9.17) is 0 Å². The fourth-order valence-electron chi connectivity index (χ4n) is 4.69. The van der Waals surface area contributed by atoms with E-state index < -0.39 is 5.31 Å². The van der Waals surface area contributed by atoms with Crippen molar-refractivity contribution in [1.82, 2.24) is 0 Å². The van der Waals surface area contributed by atoms with Gasteiger partial charge in [0.1, 0.15) is 0 Å². The van der Waals surface area contributed by atoms with Gasteiger partial charge in [0.15, 0.2) is 0 Å². The fourth-order valence-corrected chi connectivity index (χ4v) is 12.9. The van der Waals surface area contributed by atoms with Gasteiger partial charge in [-0.25, -0.2) is 0 Å². The van der Waals surface area contributed by atoms with Crippen LogP contribution in [0.3, 0.4) is 0 Å². The number of hydrogen-bond donors (Lipinski definition) is 2. The Kier molecular flexibility index (Phi) is 5.04. The molecule has 0 unspecified atom stereocenters. The molecule has 0 aromatic heterocycles. The van der Waals surface area contributed by atoms with Crippen LogP contribution in [0.25, 0.3) is 10.8 Å². The molecule has 5 aromatic carbocycles. The normalized spacial score (nSPS) is 12.8. The van der Waals surface area contributed by atoms with Crippen molar-refractivity contribution in [3.63, 3.8) is 0 Å². The van der Waals surface area contributed by atoms with Gasteiger partial charge in [-0.15, -0.1) is 0 Å². The van der Waals surface area contributed by atoms with E-state index in [-0.39, 0.29) is 11.5 Å². The summed E-state index contributed by atoms with van der Waals surface area (Å²) >= 11 is 4.39. The summed E-state index contributed by atoms with van der Waals surface area (Å²) in [5.74, 6) is -0.232. The predicted octanol–water partition coefficient (Wildman–Crippen LogP) is 5.72. The van der Waals surface area contributed by atoms with Crippen LogP contribution >= 0.6 is 20.8 Å². The van der Waals surface area contributed by atoms with Crippen LogP contribution in [0.15, 0.2) is 121 Å². The molecule has 0 bridgehead atoms. The fraction of sp³-hybridized carbons (Fsp3) is 0. The summed E-state index contributed by atoms with van der Waals surface area (Å²) in [5.41, 5.74) is 0. The van der Waals surface area contributed by atoms with Crippen molar-refractivity contribution in [2.75, 3.05) is 0 Å². The van der Waals surface area contributed by atoms with Crippen LogP contribution in [-0.4, -0.2) is 10.2 Å². The van der Waals surface area contributed by atoms with Crippen molar-refractivity contribution in [2.24, 2.45) is 0 Å². The topological polar surface area (TPSA) is 40.5 Å². The van der Waals surface area contributed by atoms with E-state index in [1.54, 1.807) is 6.07 Å². The van der Waals surface area contributed by atoms with Gasteiger partial charge in [0, 0.05) is 0 Å². The summed E-state index contributed by atoms with van der Waals surface area (Å²) in [6.07, 6.45) is 0. The maximum atomic E-state index is 11.5. The zero-order valence-corrected chi connectivity index (χ0v) is 19.7. The van der Waals surface area contributed by atoms with Gasteiger partial charge in [0.2, 0.25) is 0 Å². The Hall–Kier alpha value is -3.13. The molecule has 0 aliphatic carbocycles. The number of rotatable bonds is 4. The third-order valence-electron chi connectivity index (χ3n) is 6.12.